The lowest BCUT2D eigenvalue weighted by atomic mass is 10.1. The Morgan fingerprint density at radius 3 is 2.46 bits per heavy atom. The third kappa shape index (κ3) is 5.03. The van der Waals surface area contributed by atoms with Crippen molar-refractivity contribution < 1.29 is 9.59 Å². The number of rotatable bonds is 5. The molecule has 2 rings (SSSR count). The molecule has 0 spiro atoms. The molecule has 5 nitrogen and oxygen atoms in total. The van der Waals surface area contributed by atoms with Crippen LogP contribution in [0.1, 0.15) is 24.2 Å². The van der Waals surface area contributed by atoms with Gasteiger partial charge in [0.05, 0.1) is 11.3 Å². The van der Waals surface area contributed by atoms with Crippen molar-refractivity contribution in [2.45, 2.75) is 24.8 Å². The molecule has 0 bridgehead atoms. The lowest BCUT2D eigenvalue weighted by molar-refractivity contribution is 0.102. The second kappa shape index (κ2) is 8.40. The summed E-state index contributed by atoms with van der Waals surface area (Å²) in [7, 11) is 0. The van der Waals surface area contributed by atoms with Gasteiger partial charge in [0.1, 0.15) is 0 Å². The summed E-state index contributed by atoms with van der Waals surface area (Å²) in [6.07, 6.45) is 1.98. The Balaban J connectivity index is 2.15. The Morgan fingerprint density at radius 2 is 1.75 bits per heavy atom. The van der Waals surface area contributed by atoms with Crippen LogP contribution in [0.4, 0.5) is 16.2 Å². The number of hydrogen-bond donors (Lipinski definition) is 3. The van der Waals surface area contributed by atoms with Gasteiger partial charge in [0.15, 0.2) is 0 Å². The number of nitrogens with one attached hydrogen (secondary N) is 3. The molecule has 3 N–H and O–H groups in total. The van der Waals surface area contributed by atoms with E-state index in [0.717, 1.165) is 4.90 Å². The first-order chi connectivity index (χ1) is 11.5. The fraction of sp³-hybridized carbons (Fsp3) is 0.222. The molecule has 3 amide bonds. The normalized spacial score (nSPS) is 10.3. The zero-order valence-corrected chi connectivity index (χ0v) is 14.7. The lowest BCUT2D eigenvalue weighted by Crippen LogP contribution is -2.34. The number of benzene rings is 2. The number of thioether (sulfide) groups is 1. The summed E-state index contributed by atoms with van der Waals surface area (Å²) < 4.78 is 0. The number of carbonyl (C=O) groups excluding carboxylic acids is 2. The molecule has 6 heteroatoms. The van der Waals surface area contributed by atoms with Crippen LogP contribution in [-0.4, -0.2) is 24.2 Å². The minimum atomic E-state index is -0.338. The second-order valence-corrected chi connectivity index (χ2v) is 6.36. The van der Waals surface area contributed by atoms with E-state index < -0.39 is 0 Å². The quantitative estimate of drug-likeness (QED) is 0.713. The summed E-state index contributed by atoms with van der Waals surface area (Å²) in [5.74, 6) is -0.270. The van der Waals surface area contributed by atoms with Gasteiger partial charge in [-0.1, -0.05) is 18.2 Å². The highest BCUT2D eigenvalue weighted by Gasteiger charge is 2.13. The van der Waals surface area contributed by atoms with Crippen LogP contribution >= 0.6 is 11.8 Å². The first-order valence-electron chi connectivity index (χ1n) is 7.61. The first-order valence-corrected chi connectivity index (χ1v) is 8.84. The maximum atomic E-state index is 12.5. The molecule has 0 aliphatic rings. The fourth-order valence-corrected chi connectivity index (χ4v) is 2.57. The van der Waals surface area contributed by atoms with Gasteiger partial charge in [0.25, 0.3) is 5.91 Å². The van der Waals surface area contributed by atoms with E-state index in [-0.39, 0.29) is 18.0 Å². The van der Waals surface area contributed by atoms with Crippen molar-refractivity contribution >= 4 is 35.1 Å². The molecule has 0 saturated heterocycles. The molecule has 0 unspecified atom stereocenters. The molecule has 2 aromatic rings. The summed E-state index contributed by atoms with van der Waals surface area (Å²) >= 11 is 1.61. The van der Waals surface area contributed by atoms with E-state index >= 15 is 0 Å². The van der Waals surface area contributed by atoms with E-state index in [0.29, 0.717) is 16.9 Å². The summed E-state index contributed by atoms with van der Waals surface area (Å²) in [6.45, 7) is 3.74. The topological polar surface area (TPSA) is 70.2 Å². The minimum Gasteiger partial charge on any atom is -0.336 e. The fourth-order valence-electron chi connectivity index (χ4n) is 2.11. The Morgan fingerprint density at radius 1 is 1.00 bits per heavy atom. The molecule has 0 aliphatic heterocycles. The van der Waals surface area contributed by atoms with Crippen LogP contribution in [0, 0.1) is 0 Å². The monoisotopic (exact) mass is 343 g/mol. The van der Waals surface area contributed by atoms with Gasteiger partial charge in [-0.05, 0) is 50.4 Å². The van der Waals surface area contributed by atoms with Crippen LogP contribution in [0.5, 0.6) is 0 Å². The van der Waals surface area contributed by atoms with Crippen LogP contribution in [0.3, 0.4) is 0 Å². The zero-order chi connectivity index (χ0) is 17.5. The van der Waals surface area contributed by atoms with Crippen molar-refractivity contribution in [1.82, 2.24) is 5.32 Å². The summed E-state index contributed by atoms with van der Waals surface area (Å²) in [5, 5.41) is 8.32. The predicted molar refractivity (Wildman–Crippen MR) is 99.9 cm³/mol. The summed E-state index contributed by atoms with van der Waals surface area (Å²) in [5.41, 5.74) is 1.59. The van der Waals surface area contributed by atoms with Gasteiger partial charge in [-0.3, -0.25) is 4.79 Å². The maximum Gasteiger partial charge on any atom is 0.319 e. The Hall–Kier alpha value is -2.47. The predicted octanol–water partition coefficient (Wildman–Crippen LogP) is 4.19. The van der Waals surface area contributed by atoms with Crippen LogP contribution in [0.2, 0.25) is 0 Å². The van der Waals surface area contributed by atoms with Gasteiger partial charge in [0.2, 0.25) is 0 Å². The summed E-state index contributed by atoms with van der Waals surface area (Å²) in [4.78, 5) is 25.5. The highest BCUT2D eigenvalue weighted by molar-refractivity contribution is 7.98. The molecule has 0 fully saturated rings. The Labute approximate surface area is 146 Å². The number of carbonyl (C=O) groups is 2. The van der Waals surface area contributed by atoms with Crippen LogP contribution in [0.15, 0.2) is 53.4 Å². The third-order valence-corrected chi connectivity index (χ3v) is 3.89. The molecular weight excluding hydrogens is 322 g/mol. The first kappa shape index (κ1) is 17.9. The van der Waals surface area contributed by atoms with Crippen molar-refractivity contribution in [1.29, 1.82) is 0 Å². The lowest BCUT2D eigenvalue weighted by Gasteiger charge is -2.13. The van der Waals surface area contributed by atoms with Gasteiger partial charge < -0.3 is 16.0 Å². The highest BCUT2D eigenvalue weighted by Crippen LogP contribution is 2.21. The molecule has 2 aromatic carbocycles. The van der Waals surface area contributed by atoms with Gasteiger partial charge in [-0.25, -0.2) is 4.79 Å². The van der Waals surface area contributed by atoms with Crippen molar-refractivity contribution in [2.75, 3.05) is 16.9 Å². The Bertz CT molecular complexity index is 732. The molecule has 126 valence electrons. The third-order valence-electron chi connectivity index (χ3n) is 3.17. The number of urea groups is 1. The standard InChI is InChI=1S/C18H21N3O2S/c1-12(2)19-18(23)21-16-10-5-4-9-15(16)17(22)20-13-7-6-8-14(11-13)24-3/h4-12H,1-3H3,(H,20,22)(H2,19,21,23). The molecular formula is C18H21N3O2S. The van der Waals surface area contributed by atoms with E-state index in [2.05, 4.69) is 16.0 Å². The van der Waals surface area contributed by atoms with Crippen LogP contribution in [-0.2, 0) is 0 Å². The number of anilines is 2. The molecule has 0 radical (unpaired) electrons. The largest absolute Gasteiger partial charge is 0.336 e. The van der Waals surface area contributed by atoms with E-state index in [9.17, 15) is 9.59 Å². The second-order valence-electron chi connectivity index (χ2n) is 5.48. The van der Waals surface area contributed by atoms with Crippen molar-refractivity contribution in [2.24, 2.45) is 0 Å². The molecule has 0 saturated carbocycles. The van der Waals surface area contributed by atoms with Crippen LogP contribution < -0.4 is 16.0 Å². The van der Waals surface area contributed by atoms with Gasteiger partial charge >= 0.3 is 6.03 Å². The van der Waals surface area contributed by atoms with E-state index in [1.807, 2.05) is 44.4 Å². The zero-order valence-electron chi connectivity index (χ0n) is 13.9. The summed E-state index contributed by atoms with van der Waals surface area (Å²) in [6, 6.07) is 14.2. The molecule has 0 heterocycles. The minimum absolute atomic E-state index is 0.0141. The average Bonchev–Trinajstić information content (AvgIpc) is 2.54. The average molecular weight is 343 g/mol. The van der Waals surface area contributed by atoms with Crippen molar-refractivity contribution in [3.05, 3.63) is 54.1 Å². The highest BCUT2D eigenvalue weighted by atomic mass is 32.2. The van der Waals surface area contributed by atoms with Crippen LogP contribution in [0.25, 0.3) is 0 Å². The van der Waals surface area contributed by atoms with E-state index in [1.165, 1.54) is 0 Å². The van der Waals surface area contributed by atoms with E-state index in [4.69, 9.17) is 0 Å². The number of para-hydroxylation sites is 1. The maximum absolute atomic E-state index is 12.5. The van der Waals surface area contributed by atoms with Gasteiger partial charge in [-0.2, -0.15) is 0 Å². The molecule has 24 heavy (non-hydrogen) atoms. The molecule has 0 aromatic heterocycles. The SMILES string of the molecule is CSc1cccc(NC(=O)c2ccccc2NC(=O)NC(C)C)c1. The number of amides is 3. The van der Waals surface area contributed by atoms with Crippen molar-refractivity contribution in [3.8, 4) is 0 Å². The Kier molecular flexibility index (Phi) is 6.26. The van der Waals surface area contributed by atoms with Gasteiger partial charge in [0, 0.05) is 16.6 Å². The van der Waals surface area contributed by atoms with Crippen molar-refractivity contribution in [3.63, 3.8) is 0 Å². The molecule has 0 atom stereocenters. The number of hydrogen-bond acceptors (Lipinski definition) is 3. The van der Waals surface area contributed by atoms with Gasteiger partial charge in [-0.15, -0.1) is 11.8 Å². The smallest absolute Gasteiger partial charge is 0.319 e. The van der Waals surface area contributed by atoms with E-state index in [1.54, 1.807) is 36.0 Å². The molecule has 0 aliphatic carbocycles.